The number of hydrogen-bond acceptors (Lipinski definition) is 5. The quantitative estimate of drug-likeness (QED) is 0.854. The number of ether oxygens (including phenoxy) is 2. The monoisotopic (exact) mass is 350 g/mol. The van der Waals surface area contributed by atoms with Gasteiger partial charge in [-0.1, -0.05) is 0 Å². The number of nitrogens with two attached hydrogens (primary N) is 1. The smallest absolute Gasteiger partial charge is 0.264 e. The summed E-state index contributed by atoms with van der Waals surface area (Å²) in [7, 11) is 0.523. The molecule has 1 amide bonds. The molecule has 0 aromatic heterocycles. The highest BCUT2D eigenvalue weighted by molar-refractivity contribution is 7.92. The minimum atomic E-state index is -3.80. The molecule has 2 N–H and O–H groups in total. The molecule has 0 aliphatic carbocycles. The summed E-state index contributed by atoms with van der Waals surface area (Å²) in [4.78, 5) is 11.2. The van der Waals surface area contributed by atoms with Gasteiger partial charge in [0, 0.05) is 18.7 Å². The molecule has 8 heteroatoms. The second-order valence-corrected chi connectivity index (χ2v) is 6.87. The van der Waals surface area contributed by atoms with Gasteiger partial charge < -0.3 is 15.2 Å². The lowest BCUT2D eigenvalue weighted by Crippen LogP contribution is -2.26. The zero-order valence-corrected chi connectivity index (χ0v) is 14.3. The summed E-state index contributed by atoms with van der Waals surface area (Å²) in [5.74, 6) is 0.174. The topological polar surface area (TPSA) is 98.9 Å². The van der Waals surface area contributed by atoms with Crippen LogP contribution in [-0.2, 0) is 10.0 Å². The molecule has 2 rings (SSSR count). The standard InChI is InChI=1S/C16H18N2O5S/c1-18(12-6-4-11(5-7-12)16(17)19)24(20,21)13-8-9-14(22-2)15(10-13)23-3/h4-10H,1-3H3,(H2,17,19). The minimum absolute atomic E-state index is 0.0571. The van der Waals surface area contributed by atoms with Gasteiger partial charge in [-0.25, -0.2) is 8.42 Å². The fourth-order valence-electron chi connectivity index (χ4n) is 2.11. The van der Waals surface area contributed by atoms with E-state index in [2.05, 4.69) is 0 Å². The van der Waals surface area contributed by atoms with Crippen molar-refractivity contribution in [1.29, 1.82) is 0 Å². The van der Waals surface area contributed by atoms with Crippen LogP contribution in [0.4, 0.5) is 5.69 Å². The first-order valence-electron chi connectivity index (χ1n) is 6.92. The number of carbonyl (C=O) groups excluding carboxylic acids is 1. The lowest BCUT2D eigenvalue weighted by Gasteiger charge is -2.20. The fourth-order valence-corrected chi connectivity index (χ4v) is 3.32. The molecule has 2 aromatic carbocycles. The molecular weight excluding hydrogens is 332 g/mol. The number of amides is 1. The number of benzene rings is 2. The summed E-state index contributed by atoms with van der Waals surface area (Å²) in [6.45, 7) is 0. The van der Waals surface area contributed by atoms with Crippen LogP contribution in [0.1, 0.15) is 10.4 Å². The Kier molecular flexibility index (Phi) is 4.99. The number of primary amides is 1. The van der Waals surface area contributed by atoms with Crippen molar-refractivity contribution in [3.8, 4) is 11.5 Å². The van der Waals surface area contributed by atoms with E-state index < -0.39 is 15.9 Å². The van der Waals surface area contributed by atoms with Gasteiger partial charge in [-0.3, -0.25) is 9.10 Å². The Bertz CT molecular complexity index is 847. The van der Waals surface area contributed by atoms with E-state index in [-0.39, 0.29) is 4.90 Å². The number of carbonyl (C=O) groups is 1. The van der Waals surface area contributed by atoms with Crippen LogP contribution in [0.25, 0.3) is 0 Å². The van der Waals surface area contributed by atoms with E-state index in [1.807, 2.05) is 0 Å². The van der Waals surface area contributed by atoms with Crippen LogP contribution < -0.4 is 19.5 Å². The molecular formula is C16H18N2O5S. The van der Waals surface area contributed by atoms with Crippen LogP contribution in [0.3, 0.4) is 0 Å². The largest absolute Gasteiger partial charge is 0.493 e. The van der Waals surface area contributed by atoms with Crippen LogP contribution in [-0.4, -0.2) is 35.6 Å². The van der Waals surface area contributed by atoms with E-state index in [0.29, 0.717) is 22.7 Å². The first kappa shape index (κ1) is 17.6. The summed E-state index contributed by atoms with van der Waals surface area (Å²) < 4.78 is 36.9. The van der Waals surface area contributed by atoms with Crippen molar-refractivity contribution >= 4 is 21.6 Å². The highest BCUT2D eigenvalue weighted by Crippen LogP contribution is 2.31. The molecule has 0 atom stereocenters. The second-order valence-electron chi connectivity index (χ2n) is 4.90. The molecule has 2 aromatic rings. The summed E-state index contributed by atoms with van der Waals surface area (Å²) in [6.07, 6.45) is 0. The van der Waals surface area contributed by atoms with E-state index in [4.69, 9.17) is 15.2 Å². The van der Waals surface area contributed by atoms with Gasteiger partial charge in [-0.05, 0) is 36.4 Å². The normalized spacial score (nSPS) is 11.0. The van der Waals surface area contributed by atoms with Crippen molar-refractivity contribution in [2.45, 2.75) is 4.90 Å². The highest BCUT2D eigenvalue weighted by atomic mass is 32.2. The molecule has 0 aliphatic rings. The summed E-state index contributed by atoms with van der Waals surface area (Å²) in [5, 5.41) is 0. The fraction of sp³-hybridized carbons (Fsp3) is 0.188. The predicted octanol–water partition coefficient (Wildman–Crippen LogP) is 1.63. The first-order chi connectivity index (χ1) is 11.3. The van der Waals surface area contributed by atoms with E-state index in [1.54, 1.807) is 0 Å². The number of rotatable bonds is 6. The molecule has 7 nitrogen and oxygen atoms in total. The zero-order valence-electron chi connectivity index (χ0n) is 13.5. The van der Waals surface area contributed by atoms with Crippen molar-refractivity contribution in [2.24, 2.45) is 5.73 Å². The van der Waals surface area contributed by atoms with Crippen molar-refractivity contribution in [3.05, 3.63) is 48.0 Å². The third-order valence-corrected chi connectivity index (χ3v) is 5.31. The van der Waals surface area contributed by atoms with Gasteiger partial charge >= 0.3 is 0 Å². The van der Waals surface area contributed by atoms with Gasteiger partial charge in [0.1, 0.15) is 0 Å². The molecule has 0 spiro atoms. The Balaban J connectivity index is 2.40. The SMILES string of the molecule is COc1ccc(S(=O)(=O)N(C)c2ccc(C(N)=O)cc2)cc1OC. The van der Waals surface area contributed by atoms with Crippen molar-refractivity contribution < 1.29 is 22.7 Å². The Labute approximate surface area is 140 Å². The molecule has 0 radical (unpaired) electrons. The number of hydrogen-bond donors (Lipinski definition) is 1. The lowest BCUT2D eigenvalue weighted by molar-refractivity contribution is 0.100. The van der Waals surface area contributed by atoms with Crippen molar-refractivity contribution in [2.75, 3.05) is 25.6 Å². The second kappa shape index (κ2) is 6.79. The maximum Gasteiger partial charge on any atom is 0.264 e. The number of anilines is 1. The van der Waals surface area contributed by atoms with Crippen LogP contribution in [0.5, 0.6) is 11.5 Å². The molecule has 128 valence electrons. The van der Waals surface area contributed by atoms with E-state index in [1.165, 1.54) is 63.7 Å². The van der Waals surface area contributed by atoms with Gasteiger partial charge in [0.15, 0.2) is 11.5 Å². The number of methoxy groups -OCH3 is 2. The average Bonchev–Trinajstić information content (AvgIpc) is 2.60. The Morgan fingerprint density at radius 1 is 1.00 bits per heavy atom. The first-order valence-corrected chi connectivity index (χ1v) is 8.36. The molecule has 24 heavy (non-hydrogen) atoms. The highest BCUT2D eigenvalue weighted by Gasteiger charge is 2.23. The maximum atomic E-state index is 12.8. The van der Waals surface area contributed by atoms with Gasteiger partial charge in [-0.2, -0.15) is 0 Å². The van der Waals surface area contributed by atoms with Gasteiger partial charge in [-0.15, -0.1) is 0 Å². The molecule has 0 aliphatic heterocycles. The third kappa shape index (κ3) is 3.28. The zero-order chi connectivity index (χ0) is 17.9. The van der Waals surface area contributed by atoms with Gasteiger partial charge in [0.05, 0.1) is 24.8 Å². The van der Waals surface area contributed by atoms with Crippen molar-refractivity contribution in [1.82, 2.24) is 0 Å². The Morgan fingerprint density at radius 3 is 2.08 bits per heavy atom. The van der Waals surface area contributed by atoms with Crippen molar-refractivity contribution in [3.63, 3.8) is 0 Å². The lowest BCUT2D eigenvalue weighted by atomic mass is 10.2. The molecule has 0 bridgehead atoms. The van der Waals surface area contributed by atoms with Gasteiger partial charge in [0.2, 0.25) is 5.91 Å². The van der Waals surface area contributed by atoms with E-state index in [9.17, 15) is 13.2 Å². The molecule has 0 unspecified atom stereocenters. The third-order valence-electron chi connectivity index (χ3n) is 3.53. The summed E-state index contributed by atoms with van der Waals surface area (Å²) >= 11 is 0. The summed E-state index contributed by atoms with van der Waals surface area (Å²) in [5.41, 5.74) is 5.88. The average molecular weight is 350 g/mol. The van der Waals surface area contributed by atoms with Gasteiger partial charge in [0.25, 0.3) is 10.0 Å². The molecule has 0 fully saturated rings. The Hall–Kier alpha value is -2.74. The van der Waals surface area contributed by atoms with E-state index >= 15 is 0 Å². The number of sulfonamides is 1. The number of nitrogens with zero attached hydrogens (tertiary/aromatic N) is 1. The molecule has 0 saturated heterocycles. The van der Waals surface area contributed by atoms with Crippen LogP contribution in [0.15, 0.2) is 47.4 Å². The minimum Gasteiger partial charge on any atom is -0.493 e. The predicted molar refractivity (Wildman–Crippen MR) is 90.1 cm³/mol. The Morgan fingerprint density at radius 2 is 1.58 bits per heavy atom. The maximum absolute atomic E-state index is 12.8. The van der Waals surface area contributed by atoms with Crippen LogP contribution in [0, 0.1) is 0 Å². The molecule has 0 saturated carbocycles. The van der Waals surface area contributed by atoms with E-state index in [0.717, 1.165) is 4.31 Å². The van der Waals surface area contributed by atoms with Crippen LogP contribution >= 0.6 is 0 Å². The molecule has 0 heterocycles. The van der Waals surface area contributed by atoms with Crippen LogP contribution in [0.2, 0.25) is 0 Å². The summed E-state index contributed by atoms with van der Waals surface area (Å²) in [6, 6.07) is 10.3.